The number of unbranched alkanes of at least 4 members (excludes halogenated alkanes) is 38. The van der Waals surface area contributed by atoms with Crippen LogP contribution in [0.4, 0.5) is 0 Å². The summed E-state index contributed by atoms with van der Waals surface area (Å²) in [5.74, 6) is 0.831. The number of carbonyl (C=O) groups excluding carboxylic acids is 3. The maximum absolute atomic E-state index is 12.8. The Morgan fingerprint density at radius 2 is 0.508 bits per heavy atom. The van der Waals surface area contributed by atoms with Crippen LogP contribution in [-0.4, -0.2) is 37.2 Å². The van der Waals surface area contributed by atoms with Gasteiger partial charge in [-0.2, -0.15) is 0 Å². The lowest BCUT2D eigenvalue weighted by atomic mass is 10.0. The Morgan fingerprint density at radius 3 is 0.754 bits per heavy atom. The topological polar surface area (TPSA) is 78.9 Å². The quantitative estimate of drug-likeness (QED) is 0.0344. The molecule has 0 heterocycles. The van der Waals surface area contributed by atoms with E-state index in [4.69, 9.17) is 14.2 Å². The molecule has 6 heteroatoms. The molecular weight excluding hydrogens is 805 g/mol. The summed E-state index contributed by atoms with van der Waals surface area (Å²) in [6.45, 7) is 11.4. The van der Waals surface area contributed by atoms with E-state index in [0.717, 1.165) is 69.6 Å². The van der Waals surface area contributed by atoms with Gasteiger partial charge in [0.05, 0.1) is 0 Å². The third-order valence-corrected chi connectivity index (χ3v) is 13.5. The number of ether oxygens (including phenoxy) is 3. The molecular formula is C59H114O6. The van der Waals surface area contributed by atoms with E-state index in [1.807, 2.05) is 0 Å². The van der Waals surface area contributed by atoms with Crippen molar-refractivity contribution in [1.29, 1.82) is 0 Å². The second-order valence-corrected chi connectivity index (χ2v) is 21.2. The molecule has 386 valence electrons. The van der Waals surface area contributed by atoms with Gasteiger partial charge in [0.15, 0.2) is 6.10 Å². The summed E-state index contributed by atoms with van der Waals surface area (Å²) in [6.07, 6.45) is 55.2. The lowest BCUT2D eigenvalue weighted by molar-refractivity contribution is -0.167. The van der Waals surface area contributed by atoms with Gasteiger partial charge in [-0.25, -0.2) is 0 Å². The Balaban J connectivity index is 4.29. The highest BCUT2D eigenvalue weighted by molar-refractivity contribution is 5.71. The van der Waals surface area contributed by atoms with Crippen molar-refractivity contribution in [2.24, 2.45) is 11.8 Å². The van der Waals surface area contributed by atoms with Crippen molar-refractivity contribution in [3.05, 3.63) is 0 Å². The van der Waals surface area contributed by atoms with E-state index in [1.54, 1.807) is 0 Å². The van der Waals surface area contributed by atoms with Crippen LogP contribution in [0.25, 0.3) is 0 Å². The summed E-state index contributed by atoms with van der Waals surface area (Å²) < 4.78 is 16.9. The zero-order valence-electron chi connectivity index (χ0n) is 44.6. The Kier molecular flexibility index (Phi) is 50.5. The van der Waals surface area contributed by atoms with Gasteiger partial charge in [-0.1, -0.05) is 291 Å². The van der Waals surface area contributed by atoms with Crippen molar-refractivity contribution in [3.63, 3.8) is 0 Å². The van der Waals surface area contributed by atoms with E-state index < -0.39 is 6.10 Å². The highest BCUT2D eigenvalue weighted by Gasteiger charge is 2.19. The maximum atomic E-state index is 12.8. The summed E-state index contributed by atoms with van der Waals surface area (Å²) in [5.41, 5.74) is 0. The van der Waals surface area contributed by atoms with Crippen LogP contribution in [0.2, 0.25) is 0 Å². The molecule has 0 bridgehead atoms. The molecule has 0 aliphatic carbocycles. The minimum atomic E-state index is -0.763. The second kappa shape index (κ2) is 51.8. The molecule has 65 heavy (non-hydrogen) atoms. The standard InChI is InChI=1S/C59H114O6/c1-6-7-8-9-10-11-12-13-14-15-19-24-29-34-39-44-49-57(60)63-52-56(65-59(62)51-46-41-36-31-26-21-23-28-33-38-43-48-55(4)5)53-64-58(61)50-45-40-35-30-25-20-17-16-18-22-27-32-37-42-47-54(2)3/h54-56H,6-53H2,1-5H3/t56-/m0/s1. The molecule has 0 unspecified atom stereocenters. The van der Waals surface area contributed by atoms with Crippen LogP contribution in [-0.2, 0) is 28.6 Å². The molecule has 1 atom stereocenters. The van der Waals surface area contributed by atoms with Crippen molar-refractivity contribution >= 4 is 17.9 Å². The minimum absolute atomic E-state index is 0.0626. The highest BCUT2D eigenvalue weighted by atomic mass is 16.6. The summed E-state index contributed by atoms with van der Waals surface area (Å²) in [6, 6.07) is 0. The fraction of sp³-hybridized carbons (Fsp3) is 0.949. The van der Waals surface area contributed by atoms with Gasteiger partial charge in [0, 0.05) is 19.3 Å². The highest BCUT2D eigenvalue weighted by Crippen LogP contribution is 2.18. The molecule has 0 saturated carbocycles. The molecule has 0 fully saturated rings. The molecule has 0 aromatic carbocycles. The zero-order chi connectivity index (χ0) is 47.5. The number of hydrogen-bond donors (Lipinski definition) is 0. The van der Waals surface area contributed by atoms with Crippen LogP contribution in [0.1, 0.15) is 330 Å². The molecule has 6 nitrogen and oxygen atoms in total. The van der Waals surface area contributed by atoms with E-state index in [9.17, 15) is 14.4 Å². The fourth-order valence-electron chi connectivity index (χ4n) is 9.05. The number of carbonyl (C=O) groups is 3. The maximum Gasteiger partial charge on any atom is 0.306 e. The van der Waals surface area contributed by atoms with Crippen molar-refractivity contribution in [3.8, 4) is 0 Å². The van der Waals surface area contributed by atoms with Crippen LogP contribution in [0.15, 0.2) is 0 Å². The van der Waals surface area contributed by atoms with Gasteiger partial charge in [0.1, 0.15) is 13.2 Å². The van der Waals surface area contributed by atoms with Crippen LogP contribution < -0.4 is 0 Å². The van der Waals surface area contributed by atoms with Crippen molar-refractivity contribution in [2.75, 3.05) is 13.2 Å². The summed E-state index contributed by atoms with van der Waals surface area (Å²) in [4.78, 5) is 38.2. The number of hydrogen-bond acceptors (Lipinski definition) is 6. The first kappa shape index (κ1) is 63.4. The molecule has 0 radical (unpaired) electrons. The SMILES string of the molecule is CCCCCCCCCCCCCCCCCCC(=O)OC[C@@H](COC(=O)CCCCCCCCCCCCCCCCC(C)C)OC(=O)CCCCCCCCCCCCCC(C)C. The van der Waals surface area contributed by atoms with E-state index in [-0.39, 0.29) is 31.1 Å². The molecule has 0 rings (SSSR count). The third-order valence-electron chi connectivity index (χ3n) is 13.5. The third kappa shape index (κ3) is 53.2. The smallest absolute Gasteiger partial charge is 0.306 e. The van der Waals surface area contributed by atoms with Gasteiger partial charge in [-0.3, -0.25) is 14.4 Å². The molecule has 0 aromatic rings. The normalized spacial score (nSPS) is 12.0. The van der Waals surface area contributed by atoms with Gasteiger partial charge in [0.25, 0.3) is 0 Å². The Labute approximate surface area is 406 Å². The molecule has 0 aromatic heterocycles. The lowest BCUT2D eigenvalue weighted by Gasteiger charge is -2.18. The van der Waals surface area contributed by atoms with Crippen LogP contribution in [0.5, 0.6) is 0 Å². The Hall–Kier alpha value is -1.59. The number of esters is 3. The average molecular weight is 920 g/mol. The van der Waals surface area contributed by atoms with Crippen molar-refractivity contribution in [2.45, 2.75) is 336 Å². The predicted octanol–water partition coefficient (Wildman–Crippen LogP) is 19.3. The Morgan fingerprint density at radius 1 is 0.292 bits per heavy atom. The van der Waals surface area contributed by atoms with Crippen molar-refractivity contribution in [1.82, 2.24) is 0 Å². The van der Waals surface area contributed by atoms with Gasteiger partial charge in [-0.15, -0.1) is 0 Å². The second-order valence-electron chi connectivity index (χ2n) is 21.2. The molecule has 0 N–H and O–H groups in total. The first-order valence-corrected chi connectivity index (χ1v) is 29.2. The largest absolute Gasteiger partial charge is 0.462 e. The van der Waals surface area contributed by atoms with Crippen LogP contribution in [0.3, 0.4) is 0 Å². The Bertz CT molecular complexity index is 993. The molecule has 0 amide bonds. The van der Waals surface area contributed by atoms with Gasteiger partial charge < -0.3 is 14.2 Å². The van der Waals surface area contributed by atoms with E-state index in [1.165, 1.54) is 218 Å². The average Bonchev–Trinajstić information content (AvgIpc) is 3.28. The van der Waals surface area contributed by atoms with Crippen LogP contribution >= 0.6 is 0 Å². The molecule has 0 saturated heterocycles. The fourth-order valence-corrected chi connectivity index (χ4v) is 9.05. The first-order chi connectivity index (χ1) is 31.7. The number of rotatable bonds is 53. The lowest BCUT2D eigenvalue weighted by Crippen LogP contribution is -2.30. The van der Waals surface area contributed by atoms with Gasteiger partial charge >= 0.3 is 17.9 Å². The van der Waals surface area contributed by atoms with Gasteiger partial charge in [0.2, 0.25) is 0 Å². The molecule has 0 aliphatic rings. The summed E-state index contributed by atoms with van der Waals surface area (Å²) >= 11 is 0. The van der Waals surface area contributed by atoms with Crippen molar-refractivity contribution < 1.29 is 28.6 Å². The predicted molar refractivity (Wildman–Crippen MR) is 280 cm³/mol. The van der Waals surface area contributed by atoms with E-state index in [0.29, 0.717) is 19.3 Å². The zero-order valence-corrected chi connectivity index (χ0v) is 44.6. The van der Waals surface area contributed by atoms with E-state index in [2.05, 4.69) is 34.6 Å². The van der Waals surface area contributed by atoms with E-state index >= 15 is 0 Å². The molecule has 0 aliphatic heterocycles. The minimum Gasteiger partial charge on any atom is -0.462 e. The summed E-state index contributed by atoms with van der Waals surface area (Å²) in [7, 11) is 0. The molecule has 0 spiro atoms. The first-order valence-electron chi connectivity index (χ1n) is 29.2. The van der Waals surface area contributed by atoms with Crippen LogP contribution in [0, 0.1) is 11.8 Å². The summed E-state index contributed by atoms with van der Waals surface area (Å²) in [5, 5.41) is 0. The monoisotopic (exact) mass is 919 g/mol. The van der Waals surface area contributed by atoms with Gasteiger partial charge in [-0.05, 0) is 31.1 Å².